The molecule has 5 heterocycles. The Labute approximate surface area is 245 Å². The fourth-order valence-electron chi connectivity index (χ4n) is 7.01. The number of nitrogens with zero attached hydrogens (tertiary/aromatic N) is 4. The van der Waals surface area contributed by atoms with Gasteiger partial charge < -0.3 is 24.3 Å². The second-order valence-corrected chi connectivity index (χ2v) is 11.9. The van der Waals surface area contributed by atoms with Crippen LogP contribution in [0.2, 0.25) is 0 Å². The van der Waals surface area contributed by atoms with Crippen LogP contribution in [0.15, 0.2) is 33.5 Å². The van der Waals surface area contributed by atoms with Crippen molar-refractivity contribution < 1.29 is 28.1 Å². The van der Waals surface area contributed by atoms with Crippen molar-refractivity contribution in [3.05, 3.63) is 51.6 Å². The predicted octanol–water partition coefficient (Wildman–Crippen LogP) is 4.06. The van der Waals surface area contributed by atoms with E-state index >= 15 is 0 Å². The van der Waals surface area contributed by atoms with Crippen molar-refractivity contribution in [3.63, 3.8) is 0 Å². The first-order chi connectivity index (χ1) is 20.6. The van der Waals surface area contributed by atoms with Gasteiger partial charge in [-0.15, -0.1) is 6.42 Å². The number of anilines is 1. The Morgan fingerprint density at radius 1 is 1.26 bits per heavy atom. The summed E-state index contributed by atoms with van der Waals surface area (Å²) in [6.07, 6.45) is 6.26. The van der Waals surface area contributed by atoms with Crippen LogP contribution in [0, 0.1) is 25.1 Å². The Balaban J connectivity index is 1.42. The Morgan fingerprint density at radius 3 is 2.81 bits per heavy atom. The van der Waals surface area contributed by atoms with Crippen LogP contribution >= 0.6 is 0 Å². The molecular weight excluding hydrogens is 558 g/mol. The van der Waals surface area contributed by atoms with E-state index in [1.807, 2.05) is 6.92 Å². The highest BCUT2D eigenvalue weighted by Crippen LogP contribution is 2.42. The number of phenols is 1. The number of phenolic OH excluding ortho intramolecular Hbond substituents is 1. The molecule has 0 aliphatic carbocycles. The third-order valence-electron chi connectivity index (χ3n) is 9.34. The molecule has 0 amide bonds. The average molecular weight is 589 g/mol. The normalized spacial score (nSPS) is 25.2. The summed E-state index contributed by atoms with van der Waals surface area (Å²) in [5.41, 5.74) is -0.336. The van der Waals surface area contributed by atoms with E-state index < -0.39 is 29.3 Å². The standard InChI is InChI=1S/C32H30F2N4O5/c1-4-21-23(34)7-6-18-10-20(39)11-22(25(18)21)28-16(2)27-26(30(41)43-28)29(38-14-24(40)17(38)3)36-31(35-27)42-15-32-8-5-9-37(32)13-19(33)12-32/h1,6-7,10-11,17,19,24,39-40H,5,8-9,12-15H2,2-3H3/t17-,19-,24-,32+/m1/s1. The summed E-state index contributed by atoms with van der Waals surface area (Å²) in [6.45, 7) is 5.12. The number of β-amino-alcohol motifs (C(OH)–C–C–N with tert-alkyl or cyclic N) is 1. The van der Waals surface area contributed by atoms with Gasteiger partial charge in [0.2, 0.25) is 0 Å². The number of aliphatic hydroxyl groups is 1. The number of halogens is 2. The molecule has 7 rings (SSSR count). The molecule has 9 nitrogen and oxygen atoms in total. The van der Waals surface area contributed by atoms with Crippen LogP contribution in [0.3, 0.4) is 0 Å². The minimum atomic E-state index is -0.926. The number of aromatic hydroxyl groups is 1. The van der Waals surface area contributed by atoms with Gasteiger partial charge in [-0.1, -0.05) is 12.0 Å². The van der Waals surface area contributed by atoms with Crippen molar-refractivity contribution in [1.29, 1.82) is 0 Å². The van der Waals surface area contributed by atoms with Gasteiger partial charge in [0.05, 0.1) is 28.8 Å². The topological polar surface area (TPSA) is 112 Å². The molecule has 2 N–H and O–H groups in total. The SMILES string of the molecule is C#Cc1c(F)ccc2cc(O)cc(-c3oc(=O)c4c(N5C[C@@H](O)[C@H]5C)nc(OC[C@@]56CCCN5C[C@H](F)C6)nc4c3C)c12. The molecule has 3 aliphatic rings. The van der Waals surface area contributed by atoms with Gasteiger partial charge in [-0.05, 0) is 56.8 Å². The summed E-state index contributed by atoms with van der Waals surface area (Å²) in [5, 5.41) is 21.6. The molecular formula is C32H30F2N4O5. The van der Waals surface area contributed by atoms with E-state index in [0.717, 1.165) is 19.4 Å². The molecule has 3 aliphatic heterocycles. The Bertz CT molecular complexity index is 1910. The molecule has 0 bridgehead atoms. The predicted molar refractivity (Wildman–Crippen MR) is 157 cm³/mol. The van der Waals surface area contributed by atoms with Crippen LogP contribution < -0.4 is 15.3 Å². The maximum absolute atomic E-state index is 14.8. The van der Waals surface area contributed by atoms with E-state index in [1.54, 1.807) is 11.8 Å². The fourth-order valence-corrected chi connectivity index (χ4v) is 7.01. The maximum atomic E-state index is 14.8. The van der Waals surface area contributed by atoms with E-state index in [1.165, 1.54) is 24.3 Å². The molecule has 222 valence electrons. The highest BCUT2D eigenvalue weighted by atomic mass is 19.1. The van der Waals surface area contributed by atoms with Crippen LogP contribution in [0.1, 0.15) is 37.3 Å². The van der Waals surface area contributed by atoms with Crippen molar-refractivity contribution in [3.8, 4) is 35.4 Å². The average Bonchev–Trinajstić information content (AvgIpc) is 3.51. The number of aliphatic hydroxyl groups excluding tert-OH is 1. The lowest BCUT2D eigenvalue weighted by molar-refractivity contribution is 0.0974. The largest absolute Gasteiger partial charge is 0.508 e. The Kier molecular flexibility index (Phi) is 6.34. The number of hydrogen-bond donors (Lipinski definition) is 2. The van der Waals surface area contributed by atoms with Crippen LogP contribution in [0.4, 0.5) is 14.6 Å². The van der Waals surface area contributed by atoms with Crippen LogP contribution in [0.5, 0.6) is 11.8 Å². The quantitative estimate of drug-likeness (QED) is 0.334. The van der Waals surface area contributed by atoms with E-state index in [9.17, 15) is 23.8 Å². The van der Waals surface area contributed by atoms with Gasteiger partial charge in [0.1, 0.15) is 35.5 Å². The highest BCUT2D eigenvalue weighted by Gasteiger charge is 2.49. The fraction of sp³-hybridized carbons (Fsp3) is 0.406. The number of fused-ring (bicyclic) bond motifs is 3. The summed E-state index contributed by atoms with van der Waals surface area (Å²) >= 11 is 0. The third kappa shape index (κ3) is 4.23. The van der Waals surface area contributed by atoms with Gasteiger partial charge in [-0.25, -0.2) is 13.6 Å². The molecule has 4 aromatic rings. The van der Waals surface area contributed by atoms with Gasteiger partial charge in [0.25, 0.3) is 0 Å². The lowest BCUT2D eigenvalue weighted by atomic mass is 9.94. The van der Waals surface area contributed by atoms with Crippen molar-refractivity contribution in [2.24, 2.45) is 0 Å². The van der Waals surface area contributed by atoms with Gasteiger partial charge in [0.15, 0.2) is 5.82 Å². The molecule has 2 aromatic carbocycles. The molecule has 2 aromatic heterocycles. The van der Waals surface area contributed by atoms with E-state index in [4.69, 9.17) is 15.6 Å². The number of benzene rings is 2. The first-order valence-corrected chi connectivity index (χ1v) is 14.3. The van der Waals surface area contributed by atoms with Gasteiger partial charge in [0, 0.05) is 36.0 Å². The third-order valence-corrected chi connectivity index (χ3v) is 9.34. The summed E-state index contributed by atoms with van der Waals surface area (Å²) in [6, 6.07) is 5.21. The molecule has 0 saturated carbocycles. The number of aryl methyl sites for hydroxylation is 1. The van der Waals surface area contributed by atoms with Crippen molar-refractivity contribution in [1.82, 2.24) is 14.9 Å². The van der Waals surface area contributed by atoms with Crippen LogP contribution in [-0.4, -0.2) is 75.2 Å². The number of hydrogen-bond acceptors (Lipinski definition) is 9. The number of ether oxygens (including phenoxy) is 1. The molecule has 0 radical (unpaired) electrons. The first-order valence-electron chi connectivity index (χ1n) is 14.3. The van der Waals surface area contributed by atoms with Crippen molar-refractivity contribution in [2.75, 3.05) is 31.1 Å². The summed E-state index contributed by atoms with van der Waals surface area (Å²) in [7, 11) is 0. The number of aromatic nitrogens is 2. The summed E-state index contributed by atoms with van der Waals surface area (Å²) < 4.78 is 41.2. The molecule has 0 unspecified atom stereocenters. The maximum Gasteiger partial charge on any atom is 0.349 e. The molecule has 11 heteroatoms. The molecule has 43 heavy (non-hydrogen) atoms. The molecule has 3 saturated heterocycles. The zero-order valence-corrected chi connectivity index (χ0v) is 23.7. The molecule has 0 spiro atoms. The lowest BCUT2D eigenvalue weighted by Gasteiger charge is -2.44. The van der Waals surface area contributed by atoms with Gasteiger partial charge in [-0.2, -0.15) is 9.97 Å². The van der Waals surface area contributed by atoms with Crippen molar-refractivity contribution in [2.45, 2.75) is 57.0 Å². The van der Waals surface area contributed by atoms with E-state index in [2.05, 4.69) is 20.8 Å². The van der Waals surface area contributed by atoms with E-state index in [0.29, 0.717) is 29.3 Å². The Hall–Kier alpha value is -4.27. The molecule has 4 atom stereocenters. The summed E-state index contributed by atoms with van der Waals surface area (Å²) in [5.74, 6) is 1.94. The Morgan fingerprint density at radius 2 is 2.07 bits per heavy atom. The van der Waals surface area contributed by atoms with Gasteiger partial charge >= 0.3 is 11.6 Å². The minimum Gasteiger partial charge on any atom is -0.508 e. The zero-order chi connectivity index (χ0) is 30.2. The monoisotopic (exact) mass is 588 g/mol. The van der Waals surface area contributed by atoms with Crippen LogP contribution in [-0.2, 0) is 0 Å². The lowest BCUT2D eigenvalue weighted by Crippen LogP contribution is -2.59. The number of terminal acetylenes is 1. The number of alkyl halides is 1. The first kappa shape index (κ1) is 27.6. The highest BCUT2D eigenvalue weighted by molar-refractivity contribution is 6.03. The van der Waals surface area contributed by atoms with Crippen molar-refractivity contribution >= 4 is 27.5 Å². The smallest absolute Gasteiger partial charge is 0.349 e. The second kappa shape index (κ2) is 9.89. The minimum absolute atomic E-state index is 0.00963. The zero-order valence-electron chi connectivity index (χ0n) is 23.7. The van der Waals surface area contributed by atoms with E-state index in [-0.39, 0.29) is 64.6 Å². The number of rotatable bonds is 5. The van der Waals surface area contributed by atoms with Gasteiger partial charge in [-0.3, -0.25) is 4.90 Å². The van der Waals surface area contributed by atoms with Crippen LogP contribution in [0.25, 0.3) is 33.0 Å². The molecule has 3 fully saturated rings. The summed E-state index contributed by atoms with van der Waals surface area (Å²) in [4.78, 5) is 26.8. The second-order valence-electron chi connectivity index (χ2n) is 11.9.